The van der Waals surface area contributed by atoms with Crippen LogP contribution in [0.25, 0.3) is 0 Å². The fourth-order valence-corrected chi connectivity index (χ4v) is 3.63. The highest BCUT2D eigenvalue weighted by Crippen LogP contribution is 2.31. The fraction of sp³-hybridized carbons (Fsp3) is 0.714. The summed E-state index contributed by atoms with van der Waals surface area (Å²) in [4.78, 5) is 2.95. The molecule has 0 amide bonds. The number of hydrogen-bond donors (Lipinski definition) is 1. The van der Waals surface area contributed by atoms with E-state index in [9.17, 15) is 0 Å². The molecule has 0 bridgehead atoms. The van der Waals surface area contributed by atoms with E-state index in [1.807, 2.05) is 18.4 Å². The predicted octanol–water partition coefficient (Wildman–Crippen LogP) is 3.01. The average molecular weight is 253 g/mol. The lowest BCUT2D eigenvalue weighted by atomic mass is 9.90. The number of ether oxygens (including phenoxy) is 1. The van der Waals surface area contributed by atoms with Crippen molar-refractivity contribution in [3.8, 4) is 0 Å². The Kier molecular flexibility index (Phi) is 4.23. The Morgan fingerprint density at radius 2 is 2.24 bits per heavy atom. The van der Waals surface area contributed by atoms with Crippen LogP contribution in [0.15, 0.2) is 12.1 Å². The van der Waals surface area contributed by atoms with Crippen LogP contribution in [0, 0.1) is 0 Å². The van der Waals surface area contributed by atoms with E-state index in [4.69, 9.17) is 4.74 Å². The molecule has 1 aromatic heterocycles. The van der Waals surface area contributed by atoms with E-state index >= 15 is 0 Å². The number of nitrogens with one attached hydrogen (secondary N) is 1. The molecule has 2 unspecified atom stereocenters. The second-order valence-electron chi connectivity index (χ2n) is 5.03. The van der Waals surface area contributed by atoms with Gasteiger partial charge in [0.2, 0.25) is 0 Å². The van der Waals surface area contributed by atoms with Gasteiger partial charge in [0.1, 0.15) is 0 Å². The van der Waals surface area contributed by atoms with Crippen LogP contribution >= 0.6 is 11.3 Å². The number of hydrogen-bond acceptors (Lipinski definition) is 3. The predicted molar refractivity (Wildman–Crippen MR) is 73.8 cm³/mol. The van der Waals surface area contributed by atoms with Gasteiger partial charge >= 0.3 is 0 Å². The summed E-state index contributed by atoms with van der Waals surface area (Å²) >= 11 is 1.94. The van der Waals surface area contributed by atoms with E-state index in [2.05, 4.69) is 31.3 Å². The Hall–Kier alpha value is -0.380. The van der Waals surface area contributed by atoms with E-state index in [-0.39, 0.29) is 5.60 Å². The normalized spacial score (nSPS) is 26.3. The van der Waals surface area contributed by atoms with Crippen molar-refractivity contribution in [3.63, 3.8) is 0 Å². The molecule has 0 spiro atoms. The summed E-state index contributed by atoms with van der Waals surface area (Å²) in [6.45, 7) is 5.38. The fourth-order valence-electron chi connectivity index (χ4n) is 2.62. The third-order valence-corrected chi connectivity index (χ3v) is 5.06. The first kappa shape index (κ1) is 13.1. The summed E-state index contributed by atoms with van der Waals surface area (Å²) in [6.07, 6.45) is 4.59. The minimum absolute atomic E-state index is 0.0190. The van der Waals surface area contributed by atoms with Crippen LogP contribution in [0.5, 0.6) is 0 Å². The summed E-state index contributed by atoms with van der Waals surface area (Å²) in [5.74, 6) is 0. The van der Waals surface area contributed by atoms with Gasteiger partial charge in [0.05, 0.1) is 5.60 Å². The molecular weight excluding hydrogens is 230 g/mol. The average Bonchev–Trinajstić information content (AvgIpc) is 2.95. The van der Waals surface area contributed by atoms with E-state index in [0.29, 0.717) is 6.04 Å². The summed E-state index contributed by atoms with van der Waals surface area (Å²) in [6, 6.07) is 4.95. The van der Waals surface area contributed by atoms with Crippen molar-refractivity contribution >= 4 is 11.3 Å². The van der Waals surface area contributed by atoms with Gasteiger partial charge in [0.15, 0.2) is 0 Å². The van der Waals surface area contributed by atoms with E-state index < -0.39 is 0 Å². The quantitative estimate of drug-likeness (QED) is 0.871. The molecule has 2 heterocycles. The summed E-state index contributed by atoms with van der Waals surface area (Å²) in [7, 11) is 2.05. The molecule has 96 valence electrons. The zero-order valence-electron chi connectivity index (χ0n) is 11.1. The van der Waals surface area contributed by atoms with Crippen molar-refractivity contribution in [2.24, 2.45) is 0 Å². The monoisotopic (exact) mass is 253 g/mol. The van der Waals surface area contributed by atoms with Crippen LogP contribution in [-0.2, 0) is 17.6 Å². The van der Waals surface area contributed by atoms with Crippen LogP contribution in [0.3, 0.4) is 0 Å². The molecule has 3 heteroatoms. The number of aryl methyl sites for hydroxylation is 1. The molecule has 1 fully saturated rings. The smallest absolute Gasteiger partial charge is 0.0811 e. The van der Waals surface area contributed by atoms with Crippen molar-refractivity contribution in [3.05, 3.63) is 21.9 Å². The molecule has 2 atom stereocenters. The summed E-state index contributed by atoms with van der Waals surface area (Å²) in [5, 5.41) is 3.44. The maximum Gasteiger partial charge on any atom is 0.0811 e. The van der Waals surface area contributed by atoms with Gasteiger partial charge in [-0.3, -0.25) is 0 Å². The summed E-state index contributed by atoms with van der Waals surface area (Å²) in [5.41, 5.74) is 0.0190. The zero-order chi connectivity index (χ0) is 12.3. The molecule has 0 aliphatic carbocycles. The maximum atomic E-state index is 5.94. The second kappa shape index (κ2) is 5.51. The Morgan fingerprint density at radius 1 is 1.47 bits per heavy atom. The van der Waals surface area contributed by atoms with Gasteiger partial charge in [0.25, 0.3) is 0 Å². The van der Waals surface area contributed by atoms with E-state index in [1.165, 1.54) is 22.6 Å². The Morgan fingerprint density at radius 3 is 2.76 bits per heavy atom. The first-order valence-electron chi connectivity index (χ1n) is 6.57. The third kappa shape index (κ3) is 2.90. The highest BCUT2D eigenvalue weighted by molar-refractivity contribution is 7.11. The van der Waals surface area contributed by atoms with Crippen LogP contribution in [-0.4, -0.2) is 25.3 Å². The van der Waals surface area contributed by atoms with Gasteiger partial charge in [0, 0.05) is 22.4 Å². The molecule has 1 saturated heterocycles. The molecular formula is C14H23NOS. The lowest BCUT2D eigenvalue weighted by Crippen LogP contribution is -2.48. The van der Waals surface area contributed by atoms with Gasteiger partial charge in [-0.2, -0.15) is 0 Å². The van der Waals surface area contributed by atoms with E-state index in [1.54, 1.807) is 0 Å². The molecule has 0 aromatic carbocycles. The first-order chi connectivity index (χ1) is 8.18. The van der Waals surface area contributed by atoms with Gasteiger partial charge in [-0.05, 0) is 51.8 Å². The highest BCUT2D eigenvalue weighted by atomic mass is 32.1. The van der Waals surface area contributed by atoms with Crippen LogP contribution in [0.1, 0.15) is 36.4 Å². The molecule has 0 radical (unpaired) electrons. The molecule has 2 rings (SSSR count). The standard InChI is InChI=1S/C14H23NOS/c1-4-11-6-7-12(17-11)10-13(15-3)14(2)8-5-9-16-14/h6-7,13,15H,4-5,8-10H2,1-3H3. The largest absolute Gasteiger partial charge is 0.374 e. The number of rotatable bonds is 5. The SMILES string of the molecule is CCc1ccc(CC(NC)C2(C)CCCO2)s1. The molecule has 1 aliphatic rings. The Bertz CT molecular complexity index is 355. The molecule has 0 saturated carbocycles. The molecule has 1 aliphatic heterocycles. The van der Waals surface area contributed by atoms with Gasteiger partial charge in [-0.25, -0.2) is 0 Å². The van der Waals surface area contributed by atoms with Crippen molar-refractivity contribution in [1.29, 1.82) is 0 Å². The summed E-state index contributed by atoms with van der Waals surface area (Å²) < 4.78 is 5.94. The Balaban J connectivity index is 2.04. The van der Waals surface area contributed by atoms with Crippen LogP contribution < -0.4 is 5.32 Å². The van der Waals surface area contributed by atoms with Gasteiger partial charge < -0.3 is 10.1 Å². The third-order valence-electron chi connectivity index (χ3n) is 3.81. The van der Waals surface area contributed by atoms with Crippen molar-refractivity contribution in [1.82, 2.24) is 5.32 Å². The van der Waals surface area contributed by atoms with Crippen molar-refractivity contribution < 1.29 is 4.74 Å². The van der Waals surface area contributed by atoms with E-state index in [0.717, 1.165) is 19.4 Å². The molecule has 1 N–H and O–H groups in total. The minimum Gasteiger partial charge on any atom is -0.374 e. The number of likely N-dealkylation sites (N-methyl/N-ethyl adjacent to an activating group) is 1. The lowest BCUT2D eigenvalue weighted by Gasteiger charge is -2.33. The molecule has 1 aromatic rings. The minimum atomic E-state index is 0.0190. The van der Waals surface area contributed by atoms with Gasteiger partial charge in [-0.15, -0.1) is 11.3 Å². The van der Waals surface area contributed by atoms with Crippen LogP contribution in [0.4, 0.5) is 0 Å². The first-order valence-corrected chi connectivity index (χ1v) is 7.38. The topological polar surface area (TPSA) is 21.3 Å². The van der Waals surface area contributed by atoms with Crippen molar-refractivity contribution in [2.75, 3.05) is 13.7 Å². The van der Waals surface area contributed by atoms with Gasteiger partial charge in [-0.1, -0.05) is 6.92 Å². The number of thiophene rings is 1. The molecule has 2 nitrogen and oxygen atoms in total. The van der Waals surface area contributed by atoms with Crippen molar-refractivity contribution in [2.45, 2.75) is 51.2 Å². The Labute approximate surface area is 108 Å². The lowest BCUT2D eigenvalue weighted by molar-refractivity contribution is -0.00923. The zero-order valence-corrected chi connectivity index (χ0v) is 11.9. The second-order valence-corrected chi connectivity index (χ2v) is 6.28. The van der Waals surface area contributed by atoms with Crippen LogP contribution in [0.2, 0.25) is 0 Å². The molecule has 17 heavy (non-hydrogen) atoms. The maximum absolute atomic E-state index is 5.94. The highest BCUT2D eigenvalue weighted by Gasteiger charge is 2.37.